The molecule has 0 saturated carbocycles. The van der Waals surface area contributed by atoms with Crippen molar-refractivity contribution in [3.8, 4) is 0 Å². The van der Waals surface area contributed by atoms with Crippen molar-refractivity contribution in [3.63, 3.8) is 0 Å². The summed E-state index contributed by atoms with van der Waals surface area (Å²) in [7, 11) is 0. The lowest BCUT2D eigenvalue weighted by Crippen LogP contribution is -1.11. The molecule has 0 atom stereocenters. The van der Waals surface area contributed by atoms with E-state index in [0.29, 0.717) is 0 Å². The van der Waals surface area contributed by atoms with Crippen molar-refractivity contribution in [2.45, 2.75) is 0 Å². The Morgan fingerprint density at radius 3 is 1.25 bits per heavy atom. The third kappa shape index (κ3) is 0.356. The molecule has 0 rings (SSSR count). The van der Waals surface area contributed by atoms with E-state index in [0.717, 1.165) is 0 Å². The Hall–Kier alpha value is -0.660. The topological polar surface area (TPSA) is 77.7 Å². The molecule has 0 heterocycles. The van der Waals surface area contributed by atoms with Crippen LogP contribution in [-0.4, -0.2) is 11.5 Å². The minimum Gasteiger partial charge on any atom is -0.255 e. The number of nitrogens with one attached hydrogen (secondary N) is 2. The molecule has 0 aromatic carbocycles. The van der Waals surface area contributed by atoms with E-state index < -0.39 is 0 Å². The molecule has 4 heavy (non-hydrogen) atoms. The van der Waals surface area contributed by atoms with Crippen molar-refractivity contribution >= 4 is 6.01 Å². The summed E-state index contributed by atoms with van der Waals surface area (Å²) in [6, 6.07) is 1.25. The van der Waals surface area contributed by atoms with Gasteiger partial charge in [0, 0.05) is 0 Å². The van der Waals surface area contributed by atoms with Crippen molar-refractivity contribution in [2.24, 2.45) is 0 Å². The zero-order chi connectivity index (χ0) is 2.71. The van der Waals surface area contributed by atoms with Crippen LogP contribution in [0.1, 0.15) is 0 Å². The van der Waals surface area contributed by atoms with E-state index in [1.54, 1.807) is 0 Å². The highest BCUT2D eigenvalue weighted by atomic mass is 16.0. The first kappa shape index (κ1) is 10.2. The van der Waals surface area contributed by atoms with E-state index in [2.05, 4.69) is 0 Å². The first-order chi connectivity index (χ1) is 1.41. The van der Waals surface area contributed by atoms with Gasteiger partial charge in [-0.3, -0.25) is 5.48 Å². The molecular weight excluding hydrogens is 56.0 g/mol. The molecule has 3 nitrogen and oxygen atoms in total. The predicted octanol–water partition coefficient (Wildman–Crippen LogP) is 0.141. The molecule has 0 spiro atoms. The Morgan fingerprint density at radius 2 is 1.25 bits per heavy atom. The van der Waals surface area contributed by atoms with Crippen LogP contribution in [0.3, 0.4) is 0 Å². The maximum absolute atomic E-state index is 5.62. The van der Waals surface area contributed by atoms with E-state index in [1.165, 1.54) is 6.01 Å². The minimum atomic E-state index is 0. The highest BCUT2D eigenvalue weighted by Gasteiger charge is 0.934. The van der Waals surface area contributed by atoms with Gasteiger partial charge in [-0.1, -0.05) is 0 Å². The lowest BCUT2D eigenvalue weighted by Gasteiger charge is -1.09. The minimum absolute atomic E-state index is 0. The van der Waals surface area contributed by atoms with Crippen LogP contribution in [0.4, 0.5) is 0 Å². The Labute approximate surface area is 23.6 Å². The van der Waals surface area contributed by atoms with Crippen molar-refractivity contribution in [3.05, 3.63) is 0 Å². The molecule has 0 aliphatic rings. The second-order valence-electron chi connectivity index (χ2n) is 0.125. The van der Waals surface area contributed by atoms with E-state index in [9.17, 15) is 0 Å². The summed E-state index contributed by atoms with van der Waals surface area (Å²) >= 11 is 0. The summed E-state index contributed by atoms with van der Waals surface area (Å²) < 4.78 is 0. The van der Waals surface area contributed by atoms with Gasteiger partial charge >= 0.3 is 0 Å². The van der Waals surface area contributed by atoms with E-state index in [4.69, 9.17) is 10.8 Å². The lowest BCUT2D eigenvalue weighted by molar-refractivity contribution is 0.824. The Morgan fingerprint density at radius 1 is 1.25 bits per heavy atom. The van der Waals surface area contributed by atoms with Crippen LogP contribution in [0.2, 0.25) is 0 Å². The van der Waals surface area contributed by atoms with Gasteiger partial charge in [-0.15, -0.1) is 0 Å². The van der Waals surface area contributed by atoms with Crippen LogP contribution in [0.25, 0.3) is 0 Å². The highest BCUT2D eigenvalue weighted by Crippen LogP contribution is 0.920. The monoisotopic (exact) mass is 59.0 g/mol. The summed E-state index contributed by atoms with van der Waals surface area (Å²) in [4.78, 5) is 0. The molecule has 0 amide bonds. The smallest absolute Gasteiger partial charge is 0.0831 e. The Kier molecular flexibility index (Phi) is 92.5. The summed E-state index contributed by atoms with van der Waals surface area (Å²) in [5.74, 6) is 0. The largest absolute Gasteiger partial charge is 0.255 e. The second kappa shape index (κ2) is 36.3. The van der Waals surface area contributed by atoms with E-state index in [-0.39, 0.29) is 5.48 Å². The maximum atomic E-state index is 5.62. The van der Waals surface area contributed by atoms with E-state index in [1.807, 2.05) is 0 Å². The molecule has 1 radical (unpaired) electrons. The SMILES string of the molecule is N=C=N.[OH]. The zero-order valence-electron chi connectivity index (χ0n) is 1.95. The molecular formula is CH3N2O. The molecule has 3 N–H and O–H groups in total. The summed E-state index contributed by atoms with van der Waals surface area (Å²) in [5, 5.41) is 11.2. The normalized spacial score (nSPS) is 2.00. The third-order valence-corrected chi connectivity index (χ3v) is 0. The molecule has 0 unspecified atom stereocenters. The molecule has 0 bridgehead atoms. The average molecular weight is 59.0 g/mol. The van der Waals surface area contributed by atoms with Crippen molar-refractivity contribution in [1.29, 1.82) is 10.8 Å². The Bertz CT molecular complexity index is 27.0. The van der Waals surface area contributed by atoms with Crippen LogP contribution in [0, 0.1) is 10.8 Å². The molecule has 0 fully saturated rings. The second-order valence-corrected chi connectivity index (χ2v) is 0.125. The summed E-state index contributed by atoms with van der Waals surface area (Å²) in [5.41, 5.74) is 0. The highest BCUT2D eigenvalue weighted by molar-refractivity contribution is 5.29. The molecule has 0 aromatic rings. The van der Waals surface area contributed by atoms with Crippen LogP contribution in [0.15, 0.2) is 0 Å². The van der Waals surface area contributed by atoms with E-state index >= 15 is 0 Å². The van der Waals surface area contributed by atoms with Gasteiger partial charge in [0.15, 0.2) is 0 Å². The third-order valence-electron chi connectivity index (χ3n) is 0. The molecule has 0 saturated heterocycles. The van der Waals surface area contributed by atoms with Gasteiger partial charge in [0.1, 0.15) is 0 Å². The van der Waals surface area contributed by atoms with Crippen molar-refractivity contribution < 1.29 is 5.48 Å². The van der Waals surface area contributed by atoms with Crippen molar-refractivity contribution in [2.75, 3.05) is 0 Å². The first-order valence-corrected chi connectivity index (χ1v) is 0.500. The molecule has 23 valence electrons. The van der Waals surface area contributed by atoms with Crippen LogP contribution in [-0.2, 0) is 0 Å². The number of rotatable bonds is 0. The van der Waals surface area contributed by atoms with Gasteiger partial charge in [-0.2, -0.15) is 0 Å². The predicted molar refractivity (Wildman–Crippen MR) is 12.4 cm³/mol. The van der Waals surface area contributed by atoms with Gasteiger partial charge in [-0.25, -0.2) is 10.8 Å². The maximum Gasteiger partial charge on any atom is 0.0831 e. The van der Waals surface area contributed by atoms with Crippen LogP contribution < -0.4 is 0 Å². The molecule has 0 aliphatic carbocycles. The van der Waals surface area contributed by atoms with Gasteiger partial charge in [0.25, 0.3) is 0 Å². The van der Waals surface area contributed by atoms with Crippen LogP contribution >= 0.6 is 0 Å². The molecule has 0 aromatic heterocycles. The lowest BCUT2D eigenvalue weighted by atomic mass is 11.6. The summed E-state index contributed by atoms with van der Waals surface area (Å²) in [6.07, 6.45) is 0. The molecule has 3 heteroatoms. The Balaban J connectivity index is 0. The fourth-order valence-corrected chi connectivity index (χ4v) is 0. The molecule has 0 aliphatic heterocycles. The number of hydrogen-bond acceptors (Lipinski definition) is 2. The summed E-state index contributed by atoms with van der Waals surface area (Å²) in [6.45, 7) is 0. The van der Waals surface area contributed by atoms with Gasteiger partial charge < -0.3 is 0 Å². The fraction of sp³-hybridized carbons (Fsp3) is 0. The fourth-order valence-electron chi connectivity index (χ4n) is 0. The first-order valence-electron chi connectivity index (χ1n) is 0.500. The van der Waals surface area contributed by atoms with Crippen LogP contribution in [0.5, 0.6) is 0 Å². The number of hydrogen-bond donors (Lipinski definition) is 3. The standard InChI is InChI=1S/CH2N2.HO/c2-1-3;/h2-3H;1H. The zero-order valence-corrected chi connectivity index (χ0v) is 1.95. The quantitative estimate of drug-likeness (QED) is 0.332. The average Bonchev–Trinajstić information content (AvgIpc) is 0.918. The van der Waals surface area contributed by atoms with Crippen molar-refractivity contribution in [1.82, 2.24) is 0 Å². The van der Waals surface area contributed by atoms with Gasteiger partial charge in [0.05, 0.1) is 6.01 Å². The van der Waals surface area contributed by atoms with Gasteiger partial charge in [0.2, 0.25) is 0 Å². The van der Waals surface area contributed by atoms with Gasteiger partial charge in [-0.05, 0) is 0 Å².